The van der Waals surface area contributed by atoms with E-state index in [1.807, 2.05) is 0 Å². The Morgan fingerprint density at radius 3 is 2.32 bits per heavy atom. The highest BCUT2D eigenvalue weighted by Crippen LogP contribution is 2.30. The molecule has 12 heteroatoms. The number of hydrogen-bond acceptors (Lipinski definition) is 4. The minimum Gasteiger partial charge on any atom is -0.339 e. The first-order chi connectivity index (χ1) is 11.5. The second-order valence-corrected chi connectivity index (χ2v) is 8.48. The Morgan fingerprint density at radius 1 is 1.20 bits per heavy atom. The molecule has 1 saturated heterocycles. The van der Waals surface area contributed by atoms with Crippen LogP contribution in [-0.2, 0) is 14.8 Å². The van der Waals surface area contributed by atoms with Gasteiger partial charge in [-0.2, -0.15) is 17.5 Å². The van der Waals surface area contributed by atoms with Gasteiger partial charge in [-0.1, -0.05) is 11.6 Å². The molecule has 0 radical (unpaired) electrons. The molecule has 1 heterocycles. The van der Waals surface area contributed by atoms with Gasteiger partial charge in [0.1, 0.15) is 5.82 Å². The molecule has 1 aliphatic heterocycles. The minimum atomic E-state index is -4.50. The lowest BCUT2D eigenvalue weighted by atomic mass is 10.3. The molecule has 1 aliphatic rings. The number of carbonyl (C=O) groups is 1. The van der Waals surface area contributed by atoms with Crippen LogP contribution in [-0.4, -0.2) is 61.0 Å². The number of rotatable bonds is 4. The first-order valence-corrected chi connectivity index (χ1v) is 9.75. The third-order valence-corrected chi connectivity index (χ3v) is 6.38. The second-order valence-electron chi connectivity index (χ2n) is 5.10. The monoisotopic (exact) mass is 420 g/mol. The van der Waals surface area contributed by atoms with Crippen LogP contribution in [0, 0.1) is 5.82 Å². The van der Waals surface area contributed by atoms with Crippen LogP contribution in [0.4, 0.5) is 17.6 Å². The molecule has 140 valence electrons. The van der Waals surface area contributed by atoms with Gasteiger partial charge in [0.15, 0.2) is 0 Å². The molecule has 0 saturated carbocycles. The van der Waals surface area contributed by atoms with Gasteiger partial charge in [-0.05, 0) is 30.0 Å². The van der Waals surface area contributed by atoms with Crippen LogP contribution in [0.5, 0.6) is 0 Å². The highest BCUT2D eigenvalue weighted by atomic mass is 35.5. The van der Waals surface area contributed by atoms with E-state index >= 15 is 0 Å². The van der Waals surface area contributed by atoms with E-state index in [1.54, 1.807) is 0 Å². The van der Waals surface area contributed by atoms with Crippen molar-refractivity contribution in [2.24, 2.45) is 0 Å². The molecule has 25 heavy (non-hydrogen) atoms. The van der Waals surface area contributed by atoms with E-state index in [0.29, 0.717) is 0 Å². The lowest BCUT2D eigenvalue weighted by molar-refractivity contribution is -0.129. The number of sulfonamides is 1. The fourth-order valence-electron chi connectivity index (χ4n) is 2.20. The highest BCUT2D eigenvalue weighted by molar-refractivity contribution is 8.00. The molecule has 5 nitrogen and oxygen atoms in total. The zero-order chi connectivity index (χ0) is 18.8. The Hall–Kier alpha value is -1.04. The van der Waals surface area contributed by atoms with Crippen molar-refractivity contribution in [1.82, 2.24) is 9.21 Å². The highest BCUT2D eigenvalue weighted by Gasteiger charge is 2.33. The van der Waals surface area contributed by atoms with Crippen LogP contribution >= 0.6 is 23.4 Å². The van der Waals surface area contributed by atoms with Crippen LogP contribution in [0.25, 0.3) is 0 Å². The van der Waals surface area contributed by atoms with Crippen LogP contribution in [0.15, 0.2) is 23.1 Å². The fraction of sp³-hybridized carbons (Fsp3) is 0.462. The standard InChI is InChI=1S/C13H13ClF4N2O3S2/c14-10-7-9(1-2-11(10)15)25(22,23)20-5-3-19(4-6-20)12(21)8-24-13(16,17)18/h1-2,7H,3-6,8H2. The van der Waals surface area contributed by atoms with Crippen molar-refractivity contribution < 1.29 is 30.8 Å². The summed E-state index contributed by atoms with van der Waals surface area (Å²) in [5, 5.41) is -0.334. The summed E-state index contributed by atoms with van der Waals surface area (Å²) in [6.07, 6.45) is 0. The average molecular weight is 421 g/mol. The van der Waals surface area contributed by atoms with Gasteiger partial charge in [0, 0.05) is 26.2 Å². The summed E-state index contributed by atoms with van der Waals surface area (Å²) in [6, 6.07) is 3.00. The number of benzene rings is 1. The van der Waals surface area contributed by atoms with E-state index in [4.69, 9.17) is 11.6 Å². The van der Waals surface area contributed by atoms with Crippen LogP contribution in [0.3, 0.4) is 0 Å². The molecule has 1 aromatic rings. The molecule has 2 rings (SSSR count). The summed E-state index contributed by atoms with van der Waals surface area (Å²) < 4.78 is 75.5. The molecule has 1 amide bonds. The molecule has 1 aromatic carbocycles. The third kappa shape index (κ3) is 5.22. The van der Waals surface area contributed by atoms with Gasteiger partial charge in [0.2, 0.25) is 15.9 Å². The summed E-state index contributed by atoms with van der Waals surface area (Å²) in [4.78, 5) is 12.7. The molecule has 0 unspecified atom stereocenters. The summed E-state index contributed by atoms with van der Waals surface area (Å²) in [7, 11) is -3.93. The maximum Gasteiger partial charge on any atom is 0.442 e. The summed E-state index contributed by atoms with van der Waals surface area (Å²) >= 11 is 5.16. The number of thioether (sulfide) groups is 1. The lowest BCUT2D eigenvalue weighted by Crippen LogP contribution is -2.51. The zero-order valence-electron chi connectivity index (χ0n) is 12.6. The van der Waals surface area contributed by atoms with E-state index in [-0.39, 0.29) is 36.1 Å². The maximum absolute atomic E-state index is 13.2. The van der Waals surface area contributed by atoms with Gasteiger partial charge in [0.05, 0.1) is 15.7 Å². The third-order valence-electron chi connectivity index (χ3n) is 3.48. The first kappa shape index (κ1) is 20.3. The molecule has 0 spiro atoms. The van der Waals surface area contributed by atoms with E-state index in [1.165, 1.54) is 4.90 Å². The second kappa shape index (κ2) is 7.68. The molecule has 0 aliphatic carbocycles. The number of hydrogen-bond donors (Lipinski definition) is 0. The summed E-state index contributed by atoms with van der Waals surface area (Å²) in [5.41, 5.74) is -4.50. The topological polar surface area (TPSA) is 57.7 Å². The number of nitrogens with zero attached hydrogens (tertiary/aromatic N) is 2. The number of alkyl halides is 3. The van der Waals surface area contributed by atoms with Crippen LogP contribution in [0.1, 0.15) is 0 Å². The number of amides is 1. The predicted molar refractivity (Wildman–Crippen MR) is 85.3 cm³/mol. The van der Waals surface area contributed by atoms with Crippen LogP contribution < -0.4 is 0 Å². The van der Waals surface area contributed by atoms with Gasteiger partial charge in [0.25, 0.3) is 0 Å². The number of carbonyl (C=O) groups excluding carboxylic acids is 1. The molecular weight excluding hydrogens is 408 g/mol. The molecule has 1 fully saturated rings. The zero-order valence-corrected chi connectivity index (χ0v) is 15.0. The van der Waals surface area contributed by atoms with Crippen molar-refractivity contribution in [1.29, 1.82) is 0 Å². The van der Waals surface area contributed by atoms with Gasteiger partial charge >= 0.3 is 5.51 Å². The SMILES string of the molecule is O=C(CSC(F)(F)F)N1CCN(S(=O)(=O)c2ccc(F)c(Cl)c2)CC1. The molecule has 0 atom stereocenters. The molecule has 0 N–H and O–H groups in total. The van der Waals surface area contributed by atoms with Gasteiger partial charge in [-0.3, -0.25) is 4.79 Å². The summed E-state index contributed by atoms with van der Waals surface area (Å²) in [5.74, 6) is -2.20. The normalized spacial score (nSPS) is 16.9. The van der Waals surface area contributed by atoms with Crippen molar-refractivity contribution in [3.63, 3.8) is 0 Å². The fourth-order valence-corrected chi connectivity index (χ4v) is 4.36. The van der Waals surface area contributed by atoms with Crippen molar-refractivity contribution >= 4 is 39.3 Å². The van der Waals surface area contributed by atoms with E-state index in [0.717, 1.165) is 22.5 Å². The van der Waals surface area contributed by atoms with Crippen molar-refractivity contribution in [2.75, 3.05) is 31.9 Å². The minimum absolute atomic E-state index is 0.0224. The Labute approximate surface area is 151 Å². The lowest BCUT2D eigenvalue weighted by Gasteiger charge is -2.34. The van der Waals surface area contributed by atoms with Gasteiger partial charge < -0.3 is 4.90 Å². The van der Waals surface area contributed by atoms with Gasteiger partial charge in [-0.15, -0.1) is 0 Å². The Kier molecular flexibility index (Phi) is 6.23. The van der Waals surface area contributed by atoms with Gasteiger partial charge in [-0.25, -0.2) is 12.8 Å². The first-order valence-electron chi connectivity index (χ1n) is 6.94. The quantitative estimate of drug-likeness (QED) is 0.702. The largest absolute Gasteiger partial charge is 0.442 e. The summed E-state index contributed by atoms with van der Waals surface area (Å²) in [6.45, 7) is -0.184. The van der Waals surface area contributed by atoms with E-state index in [9.17, 15) is 30.8 Å². The van der Waals surface area contributed by atoms with E-state index < -0.39 is 44.8 Å². The molecule has 0 bridgehead atoms. The van der Waals surface area contributed by atoms with Crippen LogP contribution in [0.2, 0.25) is 5.02 Å². The molecule has 0 aromatic heterocycles. The number of piperazine rings is 1. The van der Waals surface area contributed by atoms with Crippen molar-refractivity contribution in [3.8, 4) is 0 Å². The maximum atomic E-state index is 13.2. The number of halogens is 5. The Morgan fingerprint density at radius 2 is 1.80 bits per heavy atom. The molecular formula is C13H13ClF4N2O3S2. The van der Waals surface area contributed by atoms with E-state index in [2.05, 4.69) is 0 Å². The average Bonchev–Trinajstić information content (AvgIpc) is 2.54. The Balaban J connectivity index is 1.99. The Bertz CT molecular complexity index is 750. The van der Waals surface area contributed by atoms with Crippen molar-refractivity contribution in [2.45, 2.75) is 10.4 Å². The smallest absolute Gasteiger partial charge is 0.339 e. The predicted octanol–water partition coefficient (Wildman–Crippen LogP) is 2.57. The van der Waals surface area contributed by atoms with Crippen molar-refractivity contribution in [3.05, 3.63) is 29.0 Å².